The van der Waals surface area contributed by atoms with Gasteiger partial charge in [0.05, 0.1) is 0 Å². The van der Waals surface area contributed by atoms with Crippen LogP contribution in [0.3, 0.4) is 0 Å². The first-order valence-electron chi connectivity index (χ1n) is 7.14. The number of hydrogen-bond acceptors (Lipinski definition) is 3. The van der Waals surface area contributed by atoms with Crippen molar-refractivity contribution in [1.29, 1.82) is 0 Å². The second-order valence-electron chi connectivity index (χ2n) is 4.89. The lowest BCUT2D eigenvalue weighted by Crippen LogP contribution is -2.25. The van der Waals surface area contributed by atoms with E-state index in [2.05, 4.69) is 17.5 Å². The maximum Gasteiger partial charge on any atom is 0.277 e. The van der Waals surface area contributed by atoms with Gasteiger partial charge in [0.2, 0.25) is 0 Å². The van der Waals surface area contributed by atoms with Crippen molar-refractivity contribution in [2.75, 3.05) is 6.61 Å². The number of carbonyl (C=O) groups excluding carboxylic acids is 1. The van der Waals surface area contributed by atoms with Crippen molar-refractivity contribution < 1.29 is 9.53 Å². The van der Waals surface area contributed by atoms with Crippen molar-refractivity contribution >= 4 is 11.6 Å². The van der Waals surface area contributed by atoms with Gasteiger partial charge in [-0.05, 0) is 38.3 Å². The number of hydrazone groups is 1. The SMILES string of the molecule is CCCCC/C(C)=N/NC(=O)COc1ccccc1C. The van der Waals surface area contributed by atoms with Gasteiger partial charge in [-0.2, -0.15) is 5.10 Å². The molecule has 0 atom stereocenters. The number of hydrogen-bond donors (Lipinski definition) is 1. The standard InChI is InChI=1S/C16H24N2O2/c1-4-5-6-10-14(3)17-18-16(19)12-20-15-11-8-7-9-13(15)2/h7-9,11H,4-6,10,12H2,1-3H3,(H,18,19)/b17-14+. The molecule has 0 aliphatic carbocycles. The van der Waals surface area contributed by atoms with Gasteiger partial charge < -0.3 is 4.74 Å². The lowest BCUT2D eigenvalue weighted by molar-refractivity contribution is -0.123. The third-order valence-corrected chi connectivity index (χ3v) is 2.97. The Morgan fingerprint density at radius 2 is 2.05 bits per heavy atom. The Labute approximate surface area is 121 Å². The van der Waals surface area contributed by atoms with Gasteiger partial charge >= 0.3 is 0 Å². The Balaban J connectivity index is 2.30. The number of nitrogens with zero attached hydrogens (tertiary/aromatic N) is 1. The van der Waals surface area contributed by atoms with Crippen molar-refractivity contribution in [3.05, 3.63) is 29.8 Å². The summed E-state index contributed by atoms with van der Waals surface area (Å²) in [7, 11) is 0. The monoisotopic (exact) mass is 276 g/mol. The summed E-state index contributed by atoms with van der Waals surface area (Å²) in [5.74, 6) is 0.495. The van der Waals surface area contributed by atoms with Crippen LogP contribution < -0.4 is 10.2 Å². The molecule has 1 rings (SSSR count). The zero-order chi connectivity index (χ0) is 14.8. The molecule has 1 N–H and O–H groups in total. The van der Waals surface area contributed by atoms with Gasteiger partial charge in [0, 0.05) is 5.71 Å². The second-order valence-corrected chi connectivity index (χ2v) is 4.89. The van der Waals surface area contributed by atoms with E-state index in [-0.39, 0.29) is 12.5 Å². The van der Waals surface area contributed by atoms with Crippen LogP contribution in [0, 0.1) is 6.92 Å². The number of unbranched alkanes of at least 4 members (excludes halogenated alkanes) is 2. The summed E-state index contributed by atoms with van der Waals surface area (Å²) < 4.78 is 5.45. The number of nitrogens with one attached hydrogen (secondary N) is 1. The molecule has 110 valence electrons. The van der Waals surface area contributed by atoms with E-state index < -0.39 is 0 Å². The van der Waals surface area contributed by atoms with Gasteiger partial charge in [-0.1, -0.05) is 38.0 Å². The fourth-order valence-corrected chi connectivity index (χ4v) is 1.74. The number of aryl methyl sites for hydroxylation is 1. The minimum Gasteiger partial charge on any atom is -0.483 e. The van der Waals surface area contributed by atoms with E-state index in [1.807, 2.05) is 38.1 Å². The fraction of sp³-hybridized carbons (Fsp3) is 0.500. The van der Waals surface area contributed by atoms with Crippen LogP contribution in [0.25, 0.3) is 0 Å². The van der Waals surface area contributed by atoms with Gasteiger partial charge in [-0.15, -0.1) is 0 Å². The number of carbonyl (C=O) groups is 1. The molecule has 0 spiro atoms. The van der Waals surface area contributed by atoms with Crippen LogP contribution in [-0.4, -0.2) is 18.2 Å². The van der Waals surface area contributed by atoms with Crippen LogP contribution in [-0.2, 0) is 4.79 Å². The third kappa shape index (κ3) is 6.36. The lowest BCUT2D eigenvalue weighted by Gasteiger charge is -2.07. The van der Waals surface area contributed by atoms with E-state index in [4.69, 9.17) is 4.74 Å². The summed E-state index contributed by atoms with van der Waals surface area (Å²) in [6.45, 7) is 6.02. The van der Waals surface area contributed by atoms with Crippen molar-refractivity contribution in [3.8, 4) is 5.75 Å². The molecular formula is C16H24N2O2. The van der Waals surface area contributed by atoms with Crippen LogP contribution in [0.15, 0.2) is 29.4 Å². The smallest absolute Gasteiger partial charge is 0.277 e. The zero-order valence-corrected chi connectivity index (χ0v) is 12.6. The molecule has 1 aromatic carbocycles. The molecule has 1 aromatic rings. The highest BCUT2D eigenvalue weighted by molar-refractivity contribution is 5.84. The molecule has 0 radical (unpaired) electrons. The summed E-state index contributed by atoms with van der Waals surface area (Å²) in [5, 5.41) is 4.07. The van der Waals surface area contributed by atoms with E-state index in [1.165, 1.54) is 12.8 Å². The van der Waals surface area contributed by atoms with Gasteiger partial charge in [0.15, 0.2) is 6.61 Å². The minimum absolute atomic E-state index is 0.0173. The molecule has 0 heterocycles. The molecule has 4 heteroatoms. The highest BCUT2D eigenvalue weighted by atomic mass is 16.5. The van der Waals surface area contributed by atoms with Crippen LogP contribution in [0.1, 0.15) is 45.1 Å². The highest BCUT2D eigenvalue weighted by Gasteiger charge is 2.03. The molecule has 1 amide bonds. The normalized spacial score (nSPS) is 11.2. The summed E-state index contributed by atoms with van der Waals surface area (Å²) >= 11 is 0. The molecule has 0 aromatic heterocycles. The quantitative estimate of drug-likeness (QED) is 0.449. The van der Waals surface area contributed by atoms with Gasteiger partial charge in [0.25, 0.3) is 5.91 Å². The molecule has 20 heavy (non-hydrogen) atoms. The van der Waals surface area contributed by atoms with E-state index in [0.29, 0.717) is 0 Å². The topological polar surface area (TPSA) is 50.7 Å². The summed E-state index contributed by atoms with van der Waals surface area (Å²) in [5.41, 5.74) is 4.48. The average Bonchev–Trinajstić information content (AvgIpc) is 2.44. The molecule has 0 bridgehead atoms. The van der Waals surface area contributed by atoms with E-state index in [0.717, 1.165) is 29.9 Å². The molecular weight excluding hydrogens is 252 g/mol. The Morgan fingerprint density at radius 3 is 2.75 bits per heavy atom. The molecule has 4 nitrogen and oxygen atoms in total. The number of rotatable bonds is 8. The number of ether oxygens (including phenoxy) is 1. The van der Waals surface area contributed by atoms with Crippen molar-refractivity contribution in [1.82, 2.24) is 5.43 Å². The molecule has 0 unspecified atom stereocenters. The van der Waals surface area contributed by atoms with Gasteiger partial charge in [-0.25, -0.2) is 5.43 Å². The summed E-state index contributed by atoms with van der Waals surface area (Å²) in [6, 6.07) is 7.62. The molecule has 0 saturated heterocycles. The lowest BCUT2D eigenvalue weighted by atomic mass is 10.1. The Kier molecular flexibility index (Phi) is 7.40. The Morgan fingerprint density at radius 1 is 1.30 bits per heavy atom. The highest BCUT2D eigenvalue weighted by Crippen LogP contribution is 2.15. The molecule has 0 aliphatic rings. The summed E-state index contributed by atoms with van der Waals surface area (Å²) in [4.78, 5) is 11.6. The second kappa shape index (κ2) is 9.13. The van der Waals surface area contributed by atoms with Crippen molar-refractivity contribution in [2.24, 2.45) is 5.10 Å². The van der Waals surface area contributed by atoms with E-state index in [1.54, 1.807) is 0 Å². The first kappa shape index (κ1) is 16.2. The number of para-hydroxylation sites is 1. The third-order valence-electron chi connectivity index (χ3n) is 2.97. The van der Waals surface area contributed by atoms with Crippen molar-refractivity contribution in [2.45, 2.75) is 46.5 Å². The summed E-state index contributed by atoms with van der Waals surface area (Å²) in [6.07, 6.45) is 4.41. The van der Waals surface area contributed by atoms with Crippen LogP contribution in [0.4, 0.5) is 0 Å². The fourth-order valence-electron chi connectivity index (χ4n) is 1.74. The maximum absolute atomic E-state index is 11.6. The van der Waals surface area contributed by atoms with Crippen LogP contribution >= 0.6 is 0 Å². The zero-order valence-electron chi connectivity index (χ0n) is 12.6. The number of benzene rings is 1. The van der Waals surface area contributed by atoms with Gasteiger partial charge in [-0.3, -0.25) is 4.79 Å². The Hall–Kier alpha value is -1.84. The van der Waals surface area contributed by atoms with E-state index in [9.17, 15) is 4.79 Å². The average molecular weight is 276 g/mol. The predicted octanol–water partition coefficient (Wildman–Crippen LogP) is 3.45. The number of amides is 1. The van der Waals surface area contributed by atoms with Crippen LogP contribution in [0.2, 0.25) is 0 Å². The first-order chi connectivity index (χ1) is 9.63. The van der Waals surface area contributed by atoms with Gasteiger partial charge in [0.1, 0.15) is 5.75 Å². The Bertz CT molecular complexity index is 456. The van der Waals surface area contributed by atoms with Crippen molar-refractivity contribution in [3.63, 3.8) is 0 Å². The molecule has 0 fully saturated rings. The molecule has 0 saturated carbocycles. The largest absolute Gasteiger partial charge is 0.483 e. The maximum atomic E-state index is 11.6. The van der Waals surface area contributed by atoms with E-state index >= 15 is 0 Å². The molecule has 0 aliphatic heterocycles. The minimum atomic E-state index is -0.233. The predicted molar refractivity (Wildman–Crippen MR) is 82.1 cm³/mol. The first-order valence-corrected chi connectivity index (χ1v) is 7.14. The van der Waals surface area contributed by atoms with Crippen LogP contribution in [0.5, 0.6) is 5.75 Å².